The van der Waals surface area contributed by atoms with Crippen molar-refractivity contribution in [2.75, 3.05) is 26.2 Å². The summed E-state index contributed by atoms with van der Waals surface area (Å²) in [6.07, 6.45) is 5.46. The maximum atomic E-state index is 13.4. The zero-order valence-corrected chi connectivity index (χ0v) is 20.9. The van der Waals surface area contributed by atoms with Crippen molar-refractivity contribution in [2.24, 2.45) is 0 Å². The number of nitrogens with zero attached hydrogens (tertiary/aromatic N) is 2. The van der Waals surface area contributed by atoms with Crippen molar-refractivity contribution >= 4 is 33.2 Å². The predicted octanol–water partition coefficient (Wildman–Crippen LogP) is 5.60. The molecule has 1 aliphatic heterocycles. The van der Waals surface area contributed by atoms with Crippen molar-refractivity contribution < 1.29 is 8.42 Å². The molecule has 176 valence electrons. The van der Waals surface area contributed by atoms with E-state index in [1.54, 1.807) is 21.5 Å². The maximum Gasteiger partial charge on any atom is 0.243 e. The van der Waals surface area contributed by atoms with Gasteiger partial charge in [-0.05, 0) is 66.8 Å². The number of hydrogen-bond acceptors (Lipinski definition) is 3. The van der Waals surface area contributed by atoms with Crippen LogP contribution in [0.15, 0.2) is 65.6 Å². The van der Waals surface area contributed by atoms with Crippen LogP contribution in [0.2, 0.25) is 0 Å². The van der Waals surface area contributed by atoms with Crippen LogP contribution in [-0.4, -0.2) is 43.8 Å². The van der Waals surface area contributed by atoms with Gasteiger partial charge in [-0.2, -0.15) is 4.31 Å². The fourth-order valence-corrected chi connectivity index (χ4v) is 7.33. The van der Waals surface area contributed by atoms with E-state index in [1.807, 2.05) is 43.3 Å². The highest BCUT2D eigenvalue weighted by Crippen LogP contribution is 2.41. The second-order valence-electron chi connectivity index (χ2n) is 9.01. The normalized spacial score (nSPS) is 17.8. The van der Waals surface area contributed by atoms with Gasteiger partial charge in [0, 0.05) is 31.1 Å². The Morgan fingerprint density at radius 3 is 2.48 bits per heavy atom. The summed E-state index contributed by atoms with van der Waals surface area (Å²) in [6, 6.07) is 20.6. The van der Waals surface area contributed by atoms with E-state index in [4.69, 9.17) is 0 Å². The van der Waals surface area contributed by atoms with Crippen molar-refractivity contribution in [1.29, 1.82) is 0 Å². The Labute approximate surface area is 204 Å². The van der Waals surface area contributed by atoms with E-state index in [9.17, 15) is 8.42 Å². The lowest BCUT2D eigenvalue weighted by Gasteiger charge is -2.35. The van der Waals surface area contributed by atoms with Gasteiger partial charge in [-0.3, -0.25) is 4.90 Å². The highest BCUT2D eigenvalue weighted by atomic mass is 35.5. The summed E-state index contributed by atoms with van der Waals surface area (Å²) in [5, 5.41) is 1.77. The first kappa shape index (κ1) is 24.2. The SMILES string of the molecule is CCN(CCCCN1CCc2cccc3c2C1CC3)S(=O)(=O)c1cccc2ccccc12.Cl. The highest BCUT2D eigenvalue weighted by molar-refractivity contribution is 7.89. The molecule has 2 aliphatic rings. The third-order valence-electron chi connectivity index (χ3n) is 7.24. The van der Waals surface area contributed by atoms with Crippen LogP contribution in [0.1, 0.15) is 48.9 Å². The Bertz CT molecular complexity index is 1220. The molecule has 0 saturated heterocycles. The quantitative estimate of drug-likeness (QED) is 0.391. The molecule has 1 unspecified atom stereocenters. The first-order valence-corrected chi connectivity index (χ1v) is 13.4. The lowest BCUT2D eigenvalue weighted by atomic mass is 9.93. The molecule has 33 heavy (non-hydrogen) atoms. The number of aryl methyl sites for hydroxylation is 1. The van der Waals surface area contributed by atoms with Crippen molar-refractivity contribution in [2.45, 2.75) is 50.0 Å². The smallest absolute Gasteiger partial charge is 0.243 e. The topological polar surface area (TPSA) is 40.6 Å². The van der Waals surface area contributed by atoms with Crippen molar-refractivity contribution in [3.05, 3.63) is 77.4 Å². The molecule has 1 atom stereocenters. The van der Waals surface area contributed by atoms with E-state index in [0.717, 1.165) is 43.1 Å². The van der Waals surface area contributed by atoms with Crippen LogP contribution in [0.3, 0.4) is 0 Å². The number of sulfonamides is 1. The number of rotatable bonds is 8. The van der Waals surface area contributed by atoms with Crippen molar-refractivity contribution in [1.82, 2.24) is 9.21 Å². The molecule has 6 heteroatoms. The summed E-state index contributed by atoms with van der Waals surface area (Å²) in [7, 11) is -3.51. The zero-order chi connectivity index (χ0) is 22.1. The molecule has 0 bridgehead atoms. The fourth-order valence-electron chi connectivity index (χ4n) is 5.63. The number of halogens is 1. The summed E-state index contributed by atoms with van der Waals surface area (Å²) in [5.41, 5.74) is 4.67. The van der Waals surface area contributed by atoms with E-state index in [1.165, 1.54) is 18.4 Å². The van der Waals surface area contributed by atoms with Gasteiger partial charge in [0.1, 0.15) is 0 Å². The predicted molar refractivity (Wildman–Crippen MR) is 138 cm³/mol. The van der Waals surface area contributed by atoms with Crippen LogP contribution >= 0.6 is 12.4 Å². The summed E-state index contributed by atoms with van der Waals surface area (Å²) in [6.45, 7) is 5.17. The second-order valence-corrected chi connectivity index (χ2v) is 10.9. The lowest BCUT2D eigenvalue weighted by Crippen LogP contribution is -2.36. The first-order valence-electron chi connectivity index (χ1n) is 11.9. The number of fused-ring (bicyclic) bond motifs is 1. The third kappa shape index (κ3) is 4.57. The molecule has 3 aromatic rings. The van der Waals surface area contributed by atoms with Crippen LogP contribution in [0.5, 0.6) is 0 Å². The van der Waals surface area contributed by atoms with Crippen LogP contribution in [0.4, 0.5) is 0 Å². The zero-order valence-electron chi connectivity index (χ0n) is 19.2. The monoisotopic (exact) mass is 484 g/mol. The van der Waals surface area contributed by atoms with E-state index < -0.39 is 10.0 Å². The number of benzene rings is 3. The summed E-state index contributed by atoms with van der Waals surface area (Å²) in [4.78, 5) is 3.05. The van der Waals surface area contributed by atoms with Gasteiger partial charge >= 0.3 is 0 Å². The van der Waals surface area contributed by atoms with Gasteiger partial charge in [-0.15, -0.1) is 12.4 Å². The third-order valence-corrected chi connectivity index (χ3v) is 9.27. The molecule has 0 N–H and O–H groups in total. The molecule has 4 nitrogen and oxygen atoms in total. The largest absolute Gasteiger partial charge is 0.296 e. The van der Waals surface area contributed by atoms with Gasteiger partial charge < -0.3 is 0 Å². The van der Waals surface area contributed by atoms with Crippen molar-refractivity contribution in [3.63, 3.8) is 0 Å². The van der Waals surface area contributed by atoms with Gasteiger partial charge in [0.05, 0.1) is 4.90 Å². The van der Waals surface area contributed by atoms with Gasteiger partial charge in [0.2, 0.25) is 10.0 Å². The average molecular weight is 485 g/mol. The number of hydrogen-bond donors (Lipinski definition) is 0. The Hall–Kier alpha value is -1.92. The molecule has 1 heterocycles. The molecule has 5 rings (SSSR count). The molecule has 0 spiro atoms. The Balaban J connectivity index is 0.00000259. The lowest BCUT2D eigenvalue weighted by molar-refractivity contribution is 0.181. The molecular weight excluding hydrogens is 452 g/mol. The van der Waals surface area contributed by atoms with E-state index >= 15 is 0 Å². The minimum Gasteiger partial charge on any atom is -0.296 e. The minimum absolute atomic E-state index is 0. The van der Waals surface area contributed by atoms with Gasteiger partial charge in [0.15, 0.2) is 0 Å². The van der Waals surface area contributed by atoms with Crippen molar-refractivity contribution in [3.8, 4) is 0 Å². The molecule has 0 fully saturated rings. The standard InChI is InChI=1S/C27H32N2O2S.ClH/c1-2-29(32(30,31)26-14-8-10-21-9-3-4-13-24(21)26)19-6-5-18-28-20-17-23-12-7-11-22-15-16-25(28)27(22)23;/h3-4,7-14,25H,2,5-6,15-20H2,1H3;1H. The molecular formula is C27H33ClN2O2S. The minimum atomic E-state index is -3.51. The van der Waals surface area contributed by atoms with Gasteiger partial charge in [-0.1, -0.05) is 61.5 Å². The van der Waals surface area contributed by atoms with Crippen LogP contribution < -0.4 is 0 Å². The van der Waals surface area contributed by atoms with E-state index in [-0.39, 0.29) is 12.4 Å². The molecule has 1 aliphatic carbocycles. The van der Waals surface area contributed by atoms with Crippen LogP contribution in [-0.2, 0) is 22.9 Å². The summed E-state index contributed by atoms with van der Waals surface area (Å²) >= 11 is 0. The summed E-state index contributed by atoms with van der Waals surface area (Å²) in [5.74, 6) is 0. The molecule has 0 aromatic heterocycles. The van der Waals surface area contributed by atoms with Gasteiger partial charge in [0.25, 0.3) is 0 Å². The Kier molecular flexibility index (Phi) is 7.44. The van der Waals surface area contributed by atoms with E-state index in [2.05, 4.69) is 23.1 Å². The maximum absolute atomic E-state index is 13.4. The second kappa shape index (κ2) is 10.1. The van der Waals surface area contributed by atoms with Gasteiger partial charge in [-0.25, -0.2) is 8.42 Å². The first-order chi connectivity index (χ1) is 15.6. The van der Waals surface area contributed by atoms with E-state index in [0.29, 0.717) is 24.0 Å². The highest BCUT2D eigenvalue weighted by Gasteiger charge is 2.33. The molecule has 3 aromatic carbocycles. The van der Waals surface area contributed by atoms with Crippen LogP contribution in [0, 0.1) is 0 Å². The number of unbranched alkanes of at least 4 members (excludes halogenated alkanes) is 1. The fraction of sp³-hybridized carbons (Fsp3) is 0.407. The molecule has 0 radical (unpaired) electrons. The van der Waals surface area contributed by atoms with Crippen LogP contribution in [0.25, 0.3) is 10.8 Å². The Morgan fingerprint density at radius 2 is 1.67 bits per heavy atom. The summed E-state index contributed by atoms with van der Waals surface area (Å²) < 4.78 is 28.5. The Morgan fingerprint density at radius 1 is 0.939 bits per heavy atom. The molecule has 0 amide bonds. The molecule has 0 saturated carbocycles. The average Bonchev–Trinajstić information content (AvgIpc) is 3.26.